The maximum absolute atomic E-state index is 13.5. The maximum atomic E-state index is 13.5. The monoisotopic (exact) mass is 420 g/mol. The van der Waals surface area contributed by atoms with E-state index in [1.807, 2.05) is 18.2 Å². The molecule has 4 rings (SSSR count). The fourth-order valence-corrected chi connectivity index (χ4v) is 4.72. The number of hydrogen-bond acceptors (Lipinski definition) is 6. The summed E-state index contributed by atoms with van der Waals surface area (Å²) in [5.74, 6) is -3.59. The van der Waals surface area contributed by atoms with E-state index in [1.165, 1.54) is 30.3 Å². The van der Waals surface area contributed by atoms with Crippen molar-refractivity contribution in [3.8, 4) is 18.2 Å². The van der Waals surface area contributed by atoms with Gasteiger partial charge >= 0.3 is 0 Å². The topological polar surface area (TPSA) is 114 Å². The van der Waals surface area contributed by atoms with E-state index in [1.54, 1.807) is 25.1 Å². The molecule has 0 aromatic heterocycles. The molecule has 1 N–H and O–H groups in total. The van der Waals surface area contributed by atoms with Crippen LogP contribution in [0.25, 0.3) is 0 Å². The van der Waals surface area contributed by atoms with Gasteiger partial charge in [0.2, 0.25) is 17.1 Å². The first kappa shape index (κ1) is 19.9. The summed E-state index contributed by atoms with van der Waals surface area (Å²) < 4.78 is 25.7. The predicted molar refractivity (Wildman–Crippen MR) is 103 cm³/mol. The molecule has 6 nitrogen and oxygen atoms in total. The van der Waals surface area contributed by atoms with Gasteiger partial charge < -0.3 is 9.47 Å². The lowest BCUT2D eigenvalue weighted by Crippen LogP contribution is -2.57. The molecule has 2 heterocycles. The highest BCUT2D eigenvalue weighted by Crippen LogP contribution is 2.68. The Balaban J connectivity index is 2.04. The van der Waals surface area contributed by atoms with Crippen LogP contribution in [-0.4, -0.2) is 5.90 Å². The summed E-state index contributed by atoms with van der Waals surface area (Å²) in [4.78, 5) is 0. The summed E-state index contributed by atoms with van der Waals surface area (Å²) in [6, 6.07) is 17.7. The normalized spacial score (nSPS) is 31.1. The van der Waals surface area contributed by atoms with Gasteiger partial charge in [0.05, 0.1) is 24.1 Å². The van der Waals surface area contributed by atoms with E-state index in [-0.39, 0.29) is 0 Å². The lowest BCUT2D eigenvalue weighted by Gasteiger charge is -2.48. The van der Waals surface area contributed by atoms with Gasteiger partial charge in [0.25, 0.3) is 0 Å². The van der Waals surface area contributed by atoms with E-state index in [9.17, 15) is 20.2 Å². The quantitative estimate of drug-likeness (QED) is 0.763. The molecule has 0 amide bonds. The van der Waals surface area contributed by atoms with Crippen molar-refractivity contribution in [2.24, 2.45) is 16.7 Å². The van der Waals surface area contributed by atoms with E-state index in [4.69, 9.17) is 26.5 Å². The molecule has 2 aliphatic heterocycles. The molecule has 0 spiro atoms. The summed E-state index contributed by atoms with van der Waals surface area (Å²) in [5, 5.41) is 39.4. The summed E-state index contributed by atoms with van der Waals surface area (Å²) in [5.41, 5.74) is -3.24. The zero-order chi connectivity index (χ0) is 21.7. The van der Waals surface area contributed by atoms with Gasteiger partial charge in [0, 0.05) is 10.6 Å². The Morgan fingerprint density at radius 1 is 1.07 bits per heavy atom. The van der Waals surface area contributed by atoms with Crippen molar-refractivity contribution in [1.29, 1.82) is 21.2 Å². The van der Waals surface area contributed by atoms with Crippen LogP contribution in [0, 0.1) is 62.0 Å². The van der Waals surface area contributed by atoms with Crippen molar-refractivity contribution < 1.29 is 13.9 Å². The number of hydrogen-bond donors (Lipinski definition) is 1. The number of rotatable bonds is 2. The number of halogens is 2. The van der Waals surface area contributed by atoms with Gasteiger partial charge in [-0.1, -0.05) is 30.7 Å². The molecule has 4 atom stereocenters. The van der Waals surface area contributed by atoms with Crippen LogP contribution in [0.1, 0.15) is 24.2 Å². The molecule has 2 aromatic carbocycles. The molecular formula is C22H14ClFN4O2. The second-order valence-electron chi connectivity index (χ2n) is 7.33. The minimum Gasteiger partial charge on any atom is -0.443 e. The molecule has 0 saturated carbocycles. The van der Waals surface area contributed by atoms with Gasteiger partial charge in [-0.15, -0.1) is 0 Å². The van der Waals surface area contributed by atoms with Crippen LogP contribution in [0.15, 0.2) is 48.5 Å². The second kappa shape index (κ2) is 6.54. The van der Waals surface area contributed by atoms with Crippen LogP contribution < -0.4 is 0 Å². The van der Waals surface area contributed by atoms with Gasteiger partial charge in [-0.05, 0) is 42.0 Å². The number of nitriles is 3. The molecule has 0 radical (unpaired) electrons. The highest BCUT2D eigenvalue weighted by Gasteiger charge is 2.79. The number of fused-ring (bicyclic) bond motifs is 2. The summed E-state index contributed by atoms with van der Waals surface area (Å²) >= 11 is 6.13. The molecule has 30 heavy (non-hydrogen) atoms. The number of ether oxygens (including phenoxy) is 2. The average Bonchev–Trinajstić information content (AvgIpc) is 2.90. The van der Waals surface area contributed by atoms with Crippen molar-refractivity contribution in [2.75, 3.05) is 0 Å². The minimum atomic E-state index is -2.08. The Morgan fingerprint density at radius 3 is 2.30 bits per heavy atom. The SMILES string of the molecule is CC1C2(c3ccc(F)cc3)OC(=N)C1(C#N)C(C#N)(C#N)C(c1cccc(Cl)c1)O2. The minimum absolute atomic E-state index is 0.352. The highest BCUT2D eigenvalue weighted by atomic mass is 35.5. The van der Waals surface area contributed by atoms with Crippen molar-refractivity contribution in [3.63, 3.8) is 0 Å². The molecule has 4 unspecified atom stereocenters. The van der Waals surface area contributed by atoms with Gasteiger partial charge in [-0.2, -0.15) is 15.8 Å². The Labute approximate surface area is 177 Å². The average molecular weight is 421 g/mol. The van der Waals surface area contributed by atoms with Crippen molar-refractivity contribution >= 4 is 17.5 Å². The molecule has 8 heteroatoms. The summed E-state index contributed by atoms with van der Waals surface area (Å²) in [6.07, 6.45) is -1.25. The predicted octanol–water partition coefficient (Wildman–Crippen LogP) is 4.59. The first-order chi connectivity index (χ1) is 14.3. The van der Waals surface area contributed by atoms with Gasteiger partial charge in [-0.3, -0.25) is 5.41 Å². The van der Waals surface area contributed by atoms with E-state index in [0.717, 1.165) is 0 Å². The van der Waals surface area contributed by atoms with Crippen LogP contribution in [0.3, 0.4) is 0 Å². The van der Waals surface area contributed by atoms with Crippen LogP contribution >= 0.6 is 11.6 Å². The summed E-state index contributed by atoms with van der Waals surface area (Å²) in [6.45, 7) is 1.59. The van der Waals surface area contributed by atoms with Crippen LogP contribution in [0.5, 0.6) is 0 Å². The fourth-order valence-electron chi connectivity index (χ4n) is 4.52. The zero-order valence-electron chi connectivity index (χ0n) is 15.7. The largest absolute Gasteiger partial charge is 0.443 e. The Kier molecular flexibility index (Phi) is 4.33. The van der Waals surface area contributed by atoms with E-state index >= 15 is 0 Å². The maximum Gasteiger partial charge on any atom is 0.244 e. The molecule has 2 aromatic rings. The number of nitrogens with one attached hydrogen (secondary N) is 1. The van der Waals surface area contributed by atoms with Gasteiger partial charge in [-0.25, -0.2) is 4.39 Å². The first-order valence-corrected chi connectivity index (χ1v) is 9.40. The van der Waals surface area contributed by atoms with Gasteiger partial charge in [0.15, 0.2) is 5.41 Å². The van der Waals surface area contributed by atoms with E-state index < -0.39 is 40.4 Å². The number of nitrogens with zero attached hydrogens (tertiary/aromatic N) is 3. The van der Waals surface area contributed by atoms with Gasteiger partial charge in [0.1, 0.15) is 11.9 Å². The number of benzene rings is 2. The lowest BCUT2D eigenvalue weighted by molar-refractivity contribution is -0.288. The Hall–Kier alpha value is -3.44. The van der Waals surface area contributed by atoms with Crippen molar-refractivity contribution in [3.05, 3.63) is 70.5 Å². The molecule has 2 saturated heterocycles. The third-order valence-corrected chi connectivity index (χ3v) is 6.30. The molecule has 2 fully saturated rings. The van der Waals surface area contributed by atoms with Crippen LogP contribution in [0.4, 0.5) is 4.39 Å². The molecular weight excluding hydrogens is 407 g/mol. The van der Waals surface area contributed by atoms with E-state index in [2.05, 4.69) is 0 Å². The Morgan fingerprint density at radius 2 is 1.73 bits per heavy atom. The zero-order valence-corrected chi connectivity index (χ0v) is 16.4. The highest BCUT2D eigenvalue weighted by molar-refractivity contribution is 6.30. The lowest BCUT2D eigenvalue weighted by atomic mass is 9.53. The molecule has 0 aliphatic carbocycles. The third kappa shape index (κ3) is 2.21. The van der Waals surface area contributed by atoms with Crippen molar-refractivity contribution in [1.82, 2.24) is 0 Å². The van der Waals surface area contributed by atoms with Crippen LogP contribution in [0.2, 0.25) is 5.02 Å². The fraction of sp³-hybridized carbons (Fsp3) is 0.273. The Bertz CT molecular complexity index is 1170. The second-order valence-corrected chi connectivity index (χ2v) is 7.77. The van der Waals surface area contributed by atoms with Crippen LogP contribution in [-0.2, 0) is 15.3 Å². The molecule has 2 aliphatic rings. The summed E-state index contributed by atoms with van der Waals surface area (Å²) in [7, 11) is 0. The van der Waals surface area contributed by atoms with E-state index in [0.29, 0.717) is 16.1 Å². The molecule has 148 valence electrons. The van der Waals surface area contributed by atoms with Crippen molar-refractivity contribution in [2.45, 2.75) is 18.8 Å². The molecule has 2 bridgehead atoms. The third-order valence-electron chi connectivity index (χ3n) is 6.07. The first-order valence-electron chi connectivity index (χ1n) is 9.02. The standard InChI is InChI=1S/C22H14ClFN4O2/c1-13-21(12-27)19(28)30-22(13,15-5-7-17(24)8-6-15)29-18(20(21,10-25)11-26)14-3-2-4-16(23)9-14/h2-9,13,18,28H,1H3. The smallest absolute Gasteiger partial charge is 0.244 e.